The highest BCUT2D eigenvalue weighted by molar-refractivity contribution is 7.55. The van der Waals surface area contributed by atoms with E-state index in [1.807, 2.05) is 0 Å². The molecule has 46 valence electrons. The van der Waals surface area contributed by atoms with Crippen molar-refractivity contribution in [1.82, 2.24) is 4.83 Å². The fourth-order valence-corrected chi connectivity index (χ4v) is 1.47. The van der Waals surface area contributed by atoms with Crippen molar-refractivity contribution in [3.8, 4) is 0 Å². The van der Waals surface area contributed by atoms with Crippen molar-refractivity contribution in [1.29, 1.82) is 0 Å². The normalized spacial score (nSPS) is 26.9. The average molecular weight is 132 g/mol. The van der Waals surface area contributed by atoms with E-state index < -0.39 is 0 Å². The summed E-state index contributed by atoms with van der Waals surface area (Å²) in [5.41, 5.74) is 0.103. The Morgan fingerprint density at radius 3 is 2.88 bits per heavy atom. The van der Waals surface area contributed by atoms with Gasteiger partial charge in [-0.25, -0.2) is 0 Å². The van der Waals surface area contributed by atoms with Crippen LogP contribution in [0.3, 0.4) is 0 Å². The molecule has 0 aromatic rings. The smallest absolute Gasteiger partial charge is 0.165 e. The minimum atomic E-state index is -0.112. The molecule has 0 radical (unpaired) electrons. The van der Waals surface area contributed by atoms with Crippen LogP contribution in [-0.4, -0.2) is 16.9 Å². The van der Waals surface area contributed by atoms with E-state index in [2.05, 4.69) is 0 Å². The molecule has 0 N–H and O–H groups in total. The Labute approximate surface area is 49.5 Å². The SMILES string of the molecule is O=C1CCCN([O-])P1. The van der Waals surface area contributed by atoms with E-state index in [0.29, 0.717) is 13.0 Å². The van der Waals surface area contributed by atoms with E-state index in [0.717, 1.165) is 11.3 Å². The number of hydrogen-bond donors (Lipinski definition) is 0. The van der Waals surface area contributed by atoms with E-state index >= 15 is 0 Å². The van der Waals surface area contributed by atoms with E-state index in [1.54, 1.807) is 0 Å². The lowest BCUT2D eigenvalue weighted by molar-refractivity contribution is -0.112. The standard InChI is InChI=1S/C4H7NO2P/c6-4-2-1-3-5(7)8-4/h8H,1-3H2/q-1. The lowest BCUT2D eigenvalue weighted by Gasteiger charge is -2.30. The van der Waals surface area contributed by atoms with Crippen LogP contribution in [0.1, 0.15) is 12.8 Å². The van der Waals surface area contributed by atoms with E-state index in [9.17, 15) is 10.0 Å². The minimum Gasteiger partial charge on any atom is -0.782 e. The first kappa shape index (κ1) is 6.14. The third kappa shape index (κ3) is 1.51. The van der Waals surface area contributed by atoms with Gasteiger partial charge in [-0.3, -0.25) is 4.79 Å². The zero-order valence-corrected chi connectivity index (χ0v) is 5.39. The molecule has 1 rings (SSSR count). The van der Waals surface area contributed by atoms with Gasteiger partial charge >= 0.3 is 0 Å². The summed E-state index contributed by atoms with van der Waals surface area (Å²) in [7, 11) is -0.112. The van der Waals surface area contributed by atoms with Crippen LogP contribution in [0, 0.1) is 5.21 Å². The molecule has 0 saturated carbocycles. The summed E-state index contributed by atoms with van der Waals surface area (Å²) >= 11 is 0. The van der Waals surface area contributed by atoms with Crippen molar-refractivity contribution in [2.75, 3.05) is 6.54 Å². The first-order chi connectivity index (χ1) is 3.79. The second kappa shape index (κ2) is 2.53. The van der Waals surface area contributed by atoms with Crippen molar-refractivity contribution in [3.63, 3.8) is 0 Å². The van der Waals surface area contributed by atoms with Crippen LogP contribution in [-0.2, 0) is 4.79 Å². The number of hydrogen-bond acceptors (Lipinski definition) is 3. The monoisotopic (exact) mass is 132 g/mol. The highest BCUT2D eigenvalue weighted by atomic mass is 31.1. The van der Waals surface area contributed by atoms with Crippen LogP contribution in [0.15, 0.2) is 0 Å². The Morgan fingerprint density at radius 2 is 2.50 bits per heavy atom. The molecule has 0 aliphatic carbocycles. The van der Waals surface area contributed by atoms with Crippen molar-refractivity contribution in [2.45, 2.75) is 12.8 Å². The highest BCUT2D eigenvalue weighted by Gasteiger charge is 2.08. The Hall–Kier alpha value is 0.0200. The van der Waals surface area contributed by atoms with Gasteiger partial charge in [0.05, 0.1) is 0 Å². The fourth-order valence-electron chi connectivity index (χ4n) is 0.634. The van der Waals surface area contributed by atoms with Crippen molar-refractivity contribution in [2.24, 2.45) is 0 Å². The second-order valence-electron chi connectivity index (χ2n) is 1.74. The summed E-state index contributed by atoms with van der Waals surface area (Å²) in [5, 5.41) is 10.4. The average Bonchev–Trinajstić information content (AvgIpc) is 1.64. The Kier molecular flexibility index (Phi) is 1.95. The zero-order chi connectivity index (χ0) is 5.98. The van der Waals surface area contributed by atoms with Crippen molar-refractivity contribution < 1.29 is 4.79 Å². The predicted molar refractivity (Wildman–Crippen MR) is 32.6 cm³/mol. The van der Waals surface area contributed by atoms with Gasteiger partial charge in [0, 0.05) is 15.2 Å². The third-order valence-electron chi connectivity index (χ3n) is 1.01. The number of rotatable bonds is 0. The van der Waals surface area contributed by atoms with E-state index in [1.165, 1.54) is 0 Å². The summed E-state index contributed by atoms with van der Waals surface area (Å²) < 4.78 is 0. The van der Waals surface area contributed by atoms with Crippen molar-refractivity contribution >= 4 is 14.3 Å². The van der Waals surface area contributed by atoms with Gasteiger partial charge in [0.1, 0.15) is 0 Å². The van der Waals surface area contributed by atoms with Crippen LogP contribution in [0.5, 0.6) is 0 Å². The Bertz CT molecular complexity index is 106. The van der Waals surface area contributed by atoms with Crippen LogP contribution in [0.4, 0.5) is 0 Å². The molecule has 0 bridgehead atoms. The summed E-state index contributed by atoms with van der Waals surface area (Å²) in [6.45, 7) is 0.546. The molecule has 0 aromatic heterocycles. The van der Waals surface area contributed by atoms with Gasteiger partial charge in [-0.2, -0.15) is 0 Å². The van der Waals surface area contributed by atoms with Gasteiger partial charge in [-0.05, 0) is 13.0 Å². The van der Waals surface area contributed by atoms with Gasteiger partial charge in [-0.15, -0.1) is 0 Å². The molecule has 1 saturated heterocycles. The third-order valence-corrected chi connectivity index (χ3v) is 1.99. The first-order valence-electron chi connectivity index (χ1n) is 2.53. The van der Waals surface area contributed by atoms with Crippen molar-refractivity contribution in [3.05, 3.63) is 5.21 Å². The molecule has 1 fully saturated rings. The van der Waals surface area contributed by atoms with E-state index in [4.69, 9.17) is 0 Å². The summed E-state index contributed by atoms with van der Waals surface area (Å²) in [4.78, 5) is 11.3. The number of hydroxylamine groups is 1. The fraction of sp³-hybridized carbons (Fsp3) is 0.750. The quantitative estimate of drug-likeness (QED) is 0.455. The predicted octanol–water partition coefficient (Wildman–Crippen LogP) is 0.700. The molecule has 1 aliphatic heterocycles. The molecular weight excluding hydrogens is 125 g/mol. The lowest BCUT2D eigenvalue weighted by atomic mass is 10.3. The summed E-state index contributed by atoms with van der Waals surface area (Å²) in [5.74, 6) is 0. The van der Waals surface area contributed by atoms with Gasteiger partial charge in [0.25, 0.3) is 0 Å². The molecule has 3 nitrogen and oxygen atoms in total. The largest absolute Gasteiger partial charge is 0.782 e. The summed E-state index contributed by atoms with van der Waals surface area (Å²) in [6.07, 6.45) is 1.35. The maximum atomic E-state index is 10.4. The number of nitrogens with zero attached hydrogens (tertiary/aromatic N) is 1. The molecule has 1 unspecified atom stereocenters. The highest BCUT2D eigenvalue weighted by Crippen LogP contribution is 2.25. The Balaban J connectivity index is 2.34. The number of carbonyl (C=O) groups is 1. The number of carbonyl (C=O) groups excluding carboxylic acids is 1. The molecular formula is C4H7NO2P-. The van der Waals surface area contributed by atoms with E-state index in [-0.39, 0.29) is 14.3 Å². The van der Waals surface area contributed by atoms with Gasteiger partial charge in [-0.1, -0.05) is 0 Å². The zero-order valence-electron chi connectivity index (χ0n) is 4.39. The second-order valence-corrected chi connectivity index (χ2v) is 3.02. The summed E-state index contributed by atoms with van der Waals surface area (Å²) in [6, 6.07) is 0. The maximum absolute atomic E-state index is 10.4. The molecule has 1 aliphatic rings. The lowest BCUT2D eigenvalue weighted by Crippen LogP contribution is -2.15. The minimum absolute atomic E-state index is 0.103. The van der Waals surface area contributed by atoms with Crippen LogP contribution in [0.2, 0.25) is 0 Å². The maximum Gasteiger partial charge on any atom is 0.165 e. The van der Waals surface area contributed by atoms with Gasteiger partial charge < -0.3 is 10.0 Å². The molecule has 0 spiro atoms. The van der Waals surface area contributed by atoms with Gasteiger partial charge in [0.2, 0.25) is 0 Å². The van der Waals surface area contributed by atoms with Crippen LogP contribution in [0.25, 0.3) is 0 Å². The van der Waals surface area contributed by atoms with Crippen LogP contribution >= 0.6 is 8.73 Å². The molecule has 1 heterocycles. The first-order valence-corrected chi connectivity index (χ1v) is 3.48. The Morgan fingerprint density at radius 1 is 1.75 bits per heavy atom. The topological polar surface area (TPSA) is 43.4 Å². The molecule has 4 heteroatoms. The van der Waals surface area contributed by atoms with Crippen LogP contribution < -0.4 is 0 Å². The molecule has 8 heavy (non-hydrogen) atoms. The molecule has 0 amide bonds. The van der Waals surface area contributed by atoms with Gasteiger partial charge in [0.15, 0.2) is 5.52 Å². The molecule has 1 atom stereocenters. The molecule has 0 aromatic carbocycles.